The van der Waals surface area contributed by atoms with Gasteiger partial charge in [0.1, 0.15) is 0 Å². The van der Waals surface area contributed by atoms with Crippen LogP contribution in [0.2, 0.25) is 0 Å². The minimum absolute atomic E-state index is 0.0779. The molecule has 1 amide bonds. The van der Waals surface area contributed by atoms with E-state index in [1.165, 1.54) is 11.3 Å². The molecule has 1 atom stereocenters. The van der Waals surface area contributed by atoms with Crippen LogP contribution in [0.3, 0.4) is 0 Å². The number of rotatable bonds is 2. The van der Waals surface area contributed by atoms with Crippen molar-refractivity contribution >= 4 is 28.1 Å². The highest BCUT2D eigenvalue weighted by molar-refractivity contribution is 7.13. The van der Waals surface area contributed by atoms with E-state index in [-0.39, 0.29) is 11.8 Å². The lowest BCUT2D eigenvalue weighted by atomic mass is 10.00. The number of thiazole rings is 1. The summed E-state index contributed by atoms with van der Waals surface area (Å²) in [5, 5.41) is 2.51. The summed E-state index contributed by atoms with van der Waals surface area (Å²) in [6.45, 7) is 4.66. The van der Waals surface area contributed by atoms with Crippen molar-refractivity contribution in [1.29, 1.82) is 0 Å². The highest BCUT2D eigenvalue weighted by Crippen LogP contribution is 2.39. The molecule has 3 rings (SSSR count). The van der Waals surface area contributed by atoms with Crippen molar-refractivity contribution < 1.29 is 4.79 Å². The topological polar surface area (TPSA) is 59.2 Å². The van der Waals surface area contributed by atoms with Crippen molar-refractivity contribution in [2.24, 2.45) is 0 Å². The normalized spacial score (nSPS) is 17.9. The van der Waals surface area contributed by atoms with Gasteiger partial charge in [-0.25, -0.2) is 4.98 Å². The number of nitrogens with two attached hydrogens (primary N) is 1. The first-order chi connectivity index (χ1) is 9.11. The number of benzene rings is 1. The predicted octanol–water partition coefficient (Wildman–Crippen LogP) is 2.86. The highest BCUT2D eigenvalue weighted by atomic mass is 32.1. The number of nitrogens with zero attached hydrogens (tertiary/aromatic N) is 2. The molecule has 2 heterocycles. The van der Waals surface area contributed by atoms with E-state index in [9.17, 15) is 4.79 Å². The zero-order valence-electron chi connectivity index (χ0n) is 10.9. The number of amides is 1. The fraction of sp³-hybridized carbons (Fsp3) is 0.286. The van der Waals surface area contributed by atoms with Crippen LogP contribution >= 0.6 is 11.3 Å². The zero-order chi connectivity index (χ0) is 13.6. The Hall–Kier alpha value is -1.88. The van der Waals surface area contributed by atoms with Gasteiger partial charge in [0.25, 0.3) is 0 Å². The number of fused-ring (bicyclic) bond motifs is 1. The largest absolute Gasteiger partial charge is 0.375 e. The Balaban J connectivity index is 2.08. The lowest BCUT2D eigenvalue weighted by Crippen LogP contribution is -2.27. The molecule has 19 heavy (non-hydrogen) atoms. The van der Waals surface area contributed by atoms with Crippen molar-refractivity contribution in [3.8, 4) is 11.3 Å². The second-order valence-electron chi connectivity index (χ2n) is 4.65. The minimum atomic E-state index is -0.0779. The third-order valence-electron chi connectivity index (χ3n) is 3.56. The number of carbonyl (C=O) groups is 1. The van der Waals surface area contributed by atoms with Crippen LogP contribution in [-0.4, -0.2) is 17.4 Å². The van der Waals surface area contributed by atoms with Crippen molar-refractivity contribution in [2.45, 2.75) is 19.8 Å². The Morgan fingerprint density at radius 2 is 2.26 bits per heavy atom. The molecule has 0 radical (unpaired) electrons. The van der Waals surface area contributed by atoms with Crippen molar-refractivity contribution in [1.82, 2.24) is 4.98 Å². The summed E-state index contributed by atoms with van der Waals surface area (Å²) in [7, 11) is 0. The molecule has 2 aromatic rings. The monoisotopic (exact) mass is 273 g/mol. The number of hydrogen-bond acceptors (Lipinski definition) is 4. The van der Waals surface area contributed by atoms with Gasteiger partial charge in [0.2, 0.25) is 5.91 Å². The van der Waals surface area contributed by atoms with E-state index in [0.717, 1.165) is 22.5 Å². The summed E-state index contributed by atoms with van der Waals surface area (Å²) < 4.78 is 0. The molecule has 98 valence electrons. The molecule has 1 aromatic heterocycles. The fourth-order valence-electron chi connectivity index (χ4n) is 2.54. The fourth-order valence-corrected chi connectivity index (χ4v) is 3.11. The van der Waals surface area contributed by atoms with Gasteiger partial charge in [-0.05, 0) is 31.5 Å². The lowest BCUT2D eigenvalue weighted by molar-refractivity contribution is -0.118. The van der Waals surface area contributed by atoms with E-state index in [1.54, 1.807) is 0 Å². The van der Waals surface area contributed by atoms with Crippen molar-refractivity contribution in [3.63, 3.8) is 0 Å². The SMILES string of the molecule is CCN1C(=O)C(C)c2cc(-c3csc(N)n3)ccc21. The number of carbonyl (C=O) groups excluding carboxylic acids is 1. The highest BCUT2D eigenvalue weighted by Gasteiger charge is 2.33. The Bertz CT molecular complexity index is 650. The second kappa shape index (κ2) is 4.35. The molecule has 0 aliphatic carbocycles. The van der Waals surface area contributed by atoms with Gasteiger partial charge >= 0.3 is 0 Å². The molecule has 1 aromatic carbocycles. The van der Waals surface area contributed by atoms with Gasteiger partial charge in [-0.1, -0.05) is 6.07 Å². The molecule has 5 heteroatoms. The summed E-state index contributed by atoms with van der Waals surface area (Å²) >= 11 is 1.43. The number of likely N-dealkylation sites (N-methyl/N-ethyl adjacent to an activating group) is 1. The summed E-state index contributed by atoms with van der Waals surface area (Å²) in [5.74, 6) is 0.0957. The molecule has 1 unspecified atom stereocenters. The van der Waals surface area contributed by atoms with E-state index in [2.05, 4.69) is 11.1 Å². The zero-order valence-corrected chi connectivity index (χ0v) is 11.7. The molecule has 1 aliphatic heterocycles. The Morgan fingerprint density at radius 1 is 1.47 bits per heavy atom. The summed E-state index contributed by atoms with van der Waals surface area (Å²) in [6, 6.07) is 6.06. The van der Waals surface area contributed by atoms with E-state index < -0.39 is 0 Å². The van der Waals surface area contributed by atoms with Gasteiger partial charge in [0.05, 0.1) is 11.6 Å². The van der Waals surface area contributed by atoms with Crippen molar-refractivity contribution in [3.05, 3.63) is 29.1 Å². The first kappa shape index (κ1) is 12.2. The number of hydrogen-bond donors (Lipinski definition) is 1. The van der Waals surface area contributed by atoms with Crippen LogP contribution in [0.15, 0.2) is 23.6 Å². The standard InChI is InChI=1S/C14H15N3OS/c1-3-17-12-5-4-9(11-7-19-14(15)16-11)6-10(12)8(2)13(17)18/h4-8H,3H2,1-2H3,(H2,15,16). The smallest absolute Gasteiger partial charge is 0.234 e. The van der Waals surface area contributed by atoms with Crippen LogP contribution in [-0.2, 0) is 4.79 Å². The minimum Gasteiger partial charge on any atom is -0.375 e. The first-order valence-corrected chi connectivity index (χ1v) is 7.16. The van der Waals surface area contributed by atoms with Crippen LogP contribution in [0.25, 0.3) is 11.3 Å². The molecule has 4 nitrogen and oxygen atoms in total. The number of aromatic nitrogens is 1. The second-order valence-corrected chi connectivity index (χ2v) is 5.54. The molecule has 0 saturated carbocycles. The van der Waals surface area contributed by atoms with Gasteiger partial charge < -0.3 is 10.6 Å². The molecular weight excluding hydrogens is 258 g/mol. The van der Waals surface area contributed by atoms with E-state index in [4.69, 9.17) is 5.73 Å². The van der Waals surface area contributed by atoms with E-state index >= 15 is 0 Å². The average molecular weight is 273 g/mol. The number of nitrogen functional groups attached to an aromatic ring is 1. The van der Waals surface area contributed by atoms with Gasteiger partial charge in [-0.2, -0.15) is 0 Å². The molecule has 0 spiro atoms. The Labute approximate surface area is 115 Å². The molecule has 1 aliphatic rings. The molecule has 0 fully saturated rings. The molecule has 0 bridgehead atoms. The van der Waals surface area contributed by atoms with E-state index in [0.29, 0.717) is 11.7 Å². The van der Waals surface area contributed by atoms with Gasteiger partial charge in [-0.15, -0.1) is 11.3 Å². The average Bonchev–Trinajstić information content (AvgIpc) is 2.94. The quantitative estimate of drug-likeness (QED) is 0.915. The lowest BCUT2D eigenvalue weighted by Gasteiger charge is -2.14. The summed E-state index contributed by atoms with van der Waals surface area (Å²) in [5.41, 5.74) is 9.66. The van der Waals surface area contributed by atoms with Gasteiger partial charge in [0, 0.05) is 23.2 Å². The van der Waals surface area contributed by atoms with Crippen LogP contribution in [0, 0.1) is 0 Å². The molecule has 0 saturated heterocycles. The van der Waals surface area contributed by atoms with Crippen molar-refractivity contribution in [2.75, 3.05) is 17.2 Å². The van der Waals surface area contributed by atoms with E-state index in [1.807, 2.05) is 36.3 Å². The van der Waals surface area contributed by atoms with Crippen LogP contribution in [0.4, 0.5) is 10.8 Å². The Morgan fingerprint density at radius 3 is 2.89 bits per heavy atom. The van der Waals surface area contributed by atoms with Gasteiger partial charge in [-0.3, -0.25) is 4.79 Å². The van der Waals surface area contributed by atoms with Crippen LogP contribution in [0.5, 0.6) is 0 Å². The third-order valence-corrected chi connectivity index (χ3v) is 4.23. The molecular formula is C14H15N3OS. The third kappa shape index (κ3) is 1.81. The maximum absolute atomic E-state index is 12.1. The summed E-state index contributed by atoms with van der Waals surface area (Å²) in [6.07, 6.45) is 0. The predicted molar refractivity (Wildman–Crippen MR) is 78.4 cm³/mol. The maximum atomic E-state index is 12.1. The van der Waals surface area contributed by atoms with Gasteiger partial charge in [0.15, 0.2) is 5.13 Å². The van der Waals surface area contributed by atoms with Crippen LogP contribution < -0.4 is 10.6 Å². The Kier molecular flexibility index (Phi) is 2.78. The molecule has 2 N–H and O–H groups in total. The first-order valence-electron chi connectivity index (χ1n) is 6.28. The number of anilines is 2. The summed E-state index contributed by atoms with van der Waals surface area (Å²) in [4.78, 5) is 18.3. The maximum Gasteiger partial charge on any atom is 0.234 e. The van der Waals surface area contributed by atoms with Crippen LogP contribution in [0.1, 0.15) is 25.3 Å².